The van der Waals surface area contributed by atoms with Crippen LogP contribution >= 0.6 is 0 Å². The van der Waals surface area contributed by atoms with Crippen LogP contribution in [0.15, 0.2) is 0 Å². The second-order valence-electron chi connectivity index (χ2n) is 5.24. The van der Waals surface area contributed by atoms with Gasteiger partial charge in [-0.25, -0.2) is 8.42 Å². The van der Waals surface area contributed by atoms with Crippen LogP contribution in [0, 0.1) is 0 Å². The molecule has 0 saturated carbocycles. The standard InChI is InChI=1S/C11H22N2O3S/c1-9(8-14)17(15,16)13-6-5-10-3-4-11(7-13)12(10)2/h9-11,14H,3-8H2,1-2H3. The van der Waals surface area contributed by atoms with Crippen LogP contribution in [-0.2, 0) is 10.0 Å². The highest BCUT2D eigenvalue weighted by molar-refractivity contribution is 7.89. The summed E-state index contributed by atoms with van der Waals surface area (Å²) < 4.78 is 26.0. The van der Waals surface area contributed by atoms with Crippen LogP contribution in [0.25, 0.3) is 0 Å². The maximum Gasteiger partial charge on any atom is 0.219 e. The number of aliphatic hydroxyl groups is 1. The van der Waals surface area contributed by atoms with Crippen molar-refractivity contribution in [2.45, 2.75) is 43.5 Å². The van der Waals surface area contributed by atoms with Gasteiger partial charge < -0.3 is 5.11 Å². The Labute approximate surface area is 103 Å². The summed E-state index contributed by atoms with van der Waals surface area (Å²) in [5.74, 6) is 0. The molecule has 2 bridgehead atoms. The molecule has 2 fully saturated rings. The minimum Gasteiger partial charge on any atom is -0.395 e. The molecule has 1 N–H and O–H groups in total. The van der Waals surface area contributed by atoms with Gasteiger partial charge >= 0.3 is 0 Å². The van der Waals surface area contributed by atoms with Gasteiger partial charge in [-0.15, -0.1) is 0 Å². The van der Waals surface area contributed by atoms with Crippen molar-refractivity contribution in [1.29, 1.82) is 0 Å². The highest BCUT2D eigenvalue weighted by Gasteiger charge is 2.39. The Morgan fingerprint density at radius 1 is 1.29 bits per heavy atom. The molecule has 2 aliphatic rings. The molecule has 0 aromatic heterocycles. The molecule has 0 aliphatic carbocycles. The molecule has 2 aliphatic heterocycles. The van der Waals surface area contributed by atoms with Gasteiger partial charge in [0.2, 0.25) is 10.0 Å². The molecule has 2 heterocycles. The van der Waals surface area contributed by atoms with Crippen molar-refractivity contribution in [3.63, 3.8) is 0 Å². The highest BCUT2D eigenvalue weighted by atomic mass is 32.2. The molecule has 6 heteroatoms. The molecule has 0 aromatic carbocycles. The molecule has 3 atom stereocenters. The minimum absolute atomic E-state index is 0.303. The van der Waals surface area contributed by atoms with E-state index in [1.54, 1.807) is 11.2 Å². The van der Waals surface area contributed by atoms with E-state index >= 15 is 0 Å². The highest BCUT2D eigenvalue weighted by Crippen LogP contribution is 2.30. The van der Waals surface area contributed by atoms with Crippen LogP contribution in [0.5, 0.6) is 0 Å². The Hall–Kier alpha value is -0.170. The molecule has 17 heavy (non-hydrogen) atoms. The molecular formula is C11H22N2O3S. The monoisotopic (exact) mass is 262 g/mol. The second-order valence-corrected chi connectivity index (χ2v) is 7.59. The molecule has 100 valence electrons. The van der Waals surface area contributed by atoms with E-state index in [1.807, 2.05) is 0 Å². The van der Waals surface area contributed by atoms with Crippen molar-refractivity contribution in [3.05, 3.63) is 0 Å². The van der Waals surface area contributed by atoms with Gasteiger partial charge in [-0.2, -0.15) is 4.31 Å². The number of fused-ring (bicyclic) bond motifs is 2. The van der Waals surface area contributed by atoms with Crippen LogP contribution in [0.4, 0.5) is 0 Å². The Bertz CT molecular complexity index is 371. The number of sulfonamides is 1. The summed E-state index contributed by atoms with van der Waals surface area (Å²) >= 11 is 0. The lowest BCUT2D eigenvalue weighted by Crippen LogP contribution is -2.44. The van der Waals surface area contributed by atoms with E-state index in [0.717, 1.165) is 12.8 Å². The second kappa shape index (κ2) is 4.84. The molecule has 3 unspecified atom stereocenters. The summed E-state index contributed by atoms with van der Waals surface area (Å²) in [4.78, 5) is 2.32. The third-order valence-corrected chi connectivity index (χ3v) is 6.45. The van der Waals surface area contributed by atoms with E-state index in [1.165, 1.54) is 6.42 Å². The number of likely N-dealkylation sites (N-methyl/N-ethyl adjacent to an activating group) is 1. The van der Waals surface area contributed by atoms with E-state index in [9.17, 15) is 8.42 Å². The van der Waals surface area contributed by atoms with Gasteiger partial charge in [-0.3, -0.25) is 4.90 Å². The van der Waals surface area contributed by atoms with Crippen molar-refractivity contribution in [3.8, 4) is 0 Å². The Morgan fingerprint density at radius 3 is 2.59 bits per heavy atom. The number of nitrogens with zero attached hydrogens (tertiary/aromatic N) is 2. The molecule has 0 spiro atoms. The number of aliphatic hydroxyl groups excluding tert-OH is 1. The topological polar surface area (TPSA) is 60.9 Å². The number of hydrogen-bond acceptors (Lipinski definition) is 4. The van der Waals surface area contributed by atoms with E-state index in [0.29, 0.717) is 25.2 Å². The van der Waals surface area contributed by atoms with Crippen molar-refractivity contribution in [2.75, 3.05) is 26.7 Å². The fourth-order valence-electron chi connectivity index (χ4n) is 2.86. The average molecular weight is 262 g/mol. The summed E-state index contributed by atoms with van der Waals surface area (Å²) in [6, 6.07) is 0.882. The third-order valence-electron chi connectivity index (χ3n) is 4.24. The van der Waals surface area contributed by atoms with E-state index < -0.39 is 15.3 Å². The first-order chi connectivity index (χ1) is 7.96. The van der Waals surface area contributed by atoms with Gasteiger partial charge in [0.25, 0.3) is 0 Å². The predicted molar refractivity (Wildman–Crippen MR) is 66.2 cm³/mol. The maximum absolute atomic E-state index is 12.2. The SMILES string of the molecule is CC(CO)S(=O)(=O)N1CCC2CCC(C1)N2C. The lowest BCUT2D eigenvalue weighted by Gasteiger charge is -2.27. The van der Waals surface area contributed by atoms with Crippen molar-refractivity contribution < 1.29 is 13.5 Å². The number of hydrogen-bond donors (Lipinski definition) is 1. The molecule has 5 nitrogen and oxygen atoms in total. The Morgan fingerprint density at radius 2 is 1.94 bits per heavy atom. The fourth-order valence-corrected chi connectivity index (χ4v) is 4.29. The lowest BCUT2D eigenvalue weighted by atomic mass is 10.1. The Balaban J connectivity index is 2.14. The minimum atomic E-state index is -3.32. The summed E-state index contributed by atoms with van der Waals surface area (Å²) in [6.07, 6.45) is 3.18. The summed E-state index contributed by atoms with van der Waals surface area (Å²) in [6.45, 7) is 2.45. The van der Waals surface area contributed by atoms with Crippen molar-refractivity contribution in [1.82, 2.24) is 9.21 Å². The normalized spacial score (nSPS) is 33.6. The van der Waals surface area contributed by atoms with Crippen LogP contribution in [0.3, 0.4) is 0 Å². The molecule has 0 radical (unpaired) electrons. The molecule has 2 saturated heterocycles. The van der Waals surface area contributed by atoms with Gasteiger partial charge in [0.05, 0.1) is 11.9 Å². The zero-order valence-corrected chi connectivity index (χ0v) is 11.4. The van der Waals surface area contributed by atoms with E-state index in [4.69, 9.17) is 5.11 Å². The van der Waals surface area contributed by atoms with E-state index in [-0.39, 0.29) is 6.61 Å². The van der Waals surface area contributed by atoms with Gasteiger partial charge in [0, 0.05) is 25.2 Å². The Kier molecular flexibility index (Phi) is 3.77. The molecule has 0 amide bonds. The largest absolute Gasteiger partial charge is 0.395 e. The van der Waals surface area contributed by atoms with Crippen molar-refractivity contribution in [2.24, 2.45) is 0 Å². The zero-order chi connectivity index (χ0) is 12.6. The summed E-state index contributed by atoms with van der Waals surface area (Å²) in [7, 11) is -1.23. The quantitative estimate of drug-likeness (QED) is 0.769. The predicted octanol–water partition coefficient (Wildman–Crippen LogP) is -0.134. The number of rotatable bonds is 3. The molecule has 2 rings (SSSR count). The van der Waals surface area contributed by atoms with Gasteiger partial charge in [-0.1, -0.05) is 0 Å². The smallest absolute Gasteiger partial charge is 0.219 e. The van der Waals surface area contributed by atoms with Gasteiger partial charge in [0.1, 0.15) is 0 Å². The average Bonchev–Trinajstić information content (AvgIpc) is 2.51. The maximum atomic E-state index is 12.2. The third kappa shape index (κ3) is 2.36. The summed E-state index contributed by atoms with van der Waals surface area (Å²) in [5.41, 5.74) is 0. The first-order valence-electron chi connectivity index (χ1n) is 6.28. The lowest BCUT2D eigenvalue weighted by molar-refractivity contribution is 0.245. The van der Waals surface area contributed by atoms with E-state index in [2.05, 4.69) is 11.9 Å². The molecule has 0 aromatic rings. The van der Waals surface area contributed by atoms with Crippen LogP contribution in [-0.4, -0.2) is 66.8 Å². The fraction of sp³-hybridized carbons (Fsp3) is 1.00. The molecular weight excluding hydrogens is 240 g/mol. The van der Waals surface area contributed by atoms with Crippen molar-refractivity contribution >= 4 is 10.0 Å². The van der Waals surface area contributed by atoms with Crippen LogP contribution < -0.4 is 0 Å². The van der Waals surface area contributed by atoms with Crippen LogP contribution in [0.2, 0.25) is 0 Å². The van der Waals surface area contributed by atoms with Crippen LogP contribution in [0.1, 0.15) is 26.2 Å². The first-order valence-corrected chi connectivity index (χ1v) is 7.79. The van der Waals surface area contributed by atoms with Gasteiger partial charge in [-0.05, 0) is 33.2 Å². The van der Waals surface area contributed by atoms with Gasteiger partial charge in [0.15, 0.2) is 0 Å². The summed E-state index contributed by atoms with van der Waals surface area (Å²) in [5, 5.41) is 8.35. The first kappa shape index (κ1) is 13.3. The zero-order valence-electron chi connectivity index (χ0n) is 10.5.